The fourth-order valence-corrected chi connectivity index (χ4v) is 3.05. The van der Waals surface area contributed by atoms with Crippen molar-refractivity contribution >= 4 is 22.4 Å². The molecule has 5 heteroatoms. The third-order valence-corrected chi connectivity index (χ3v) is 4.05. The summed E-state index contributed by atoms with van der Waals surface area (Å²) in [6.07, 6.45) is 5.26. The predicted molar refractivity (Wildman–Crippen MR) is 81.1 cm³/mol. The first-order valence-corrected chi connectivity index (χ1v) is 8.67. The number of rotatable bonds is 5. The van der Waals surface area contributed by atoms with E-state index in [-0.39, 0.29) is 12.0 Å². The van der Waals surface area contributed by atoms with E-state index in [4.69, 9.17) is 4.74 Å². The van der Waals surface area contributed by atoms with Crippen LogP contribution in [0.15, 0.2) is 24.3 Å². The molecule has 1 amide bonds. The first kappa shape index (κ1) is 15.2. The van der Waals surface area contributed by atoms with Crippen LogP contribution in [0.2, 0.25) is 0 Å². The Bertz CT molecular complexity index is 484. The van der Waals surface area contributed by atoms with Gasteiger partial charge < -0.3 is 10.1 Å². The van der Waals surface area contributed by atoms with Gasteiger partial charge in [-0.3, -0.25) is 9.00 Å². The van der Waals surface area contributed by atoms with E-state index in [1.807, 2.05) is 24.3 Å². The molecular formula is C15H21NO3S. The summed E-state index contributed by atoms with van der Waals surface area (Å²) in [5.41, 5.74) is 1.66. The van der Waals surface area contributed by atoms with Gasteiger partial charge in [0.15, 0.2) is 0 Å². The monoisotopic (exact) mass is 295 g/mol. The van der Waals surface area contributed by atoms with Crippen molar-refractivity contribution in [2.75, 3.05) is 18.2 Å². The number of hydrogen-bond acceptors (Lipinski definition) is 3. The molecule has 1 heterocycles. The van der Waals surface area contributed by atoms with Crippen LogP contribution < -0.4 is 5.32 Å². The van der Waals surface area contributed by atoms with Gasteiger partial charge in [-0.1, -0.05) is 18.2 Å². The molecule has 2 unspecified atom stereocenters. The van der Waals surface area contributed by atoms with Crippen LogP contribution in [0.4, 0.5) is 5.69 Å². The van der Waals surface area contributed by atoms with Crippen LogP contribution in [0.5, 0.6) is 0 Å². The number of hydrogen-bond donors (Lipinski definition) is 1. The van der Waals surface area contributed by atoms with Crippen LogP contribution in [0.1, 0.15) is 31.2 Å². The Balaban J connectivity index is 1.94. The van der Waals surface area contributed by atoms with Crippen LogP contribution >= 0.6 is 0 Å². The predicted octanol–water partition coefficient (Wildman–Crippen LogP) is 2.46. The smallest absolute Gasteiger partial charge is 0.226 e. The van der Waals surface area contributed by atoms with E-state index in [0.29, 0.717) is 12.2 Å². The summed E-state index contributed by atoms with van der Waals surface area (Å²) in [5, 5.41) is 2.91. The molecule has 1 aliphatic rings. The average Bonchev–Trinajstić information content (AvgIpc) is 2.41. The van der Waals surface area contributed by atoms with Crippen LogP contribution in [-0.4, -0.2) is 29.1 Å². The molecule has 2 atom stereocenters. The Kier molecular flexibility index (Phi) is 5.73. The molecule has 1 N–H and O–H groups in total. The van der Waals surface area contributed by atoms with Crippen molar-refractivity contribution in [2.45, 2.75) is 37.5 Å². The van der Waals surface area contributed by atoms with Crippen LogP contribution in [0.3, 0.4) is 0 Å². The van der Waals surface area contributed by atoms with E-state index in [1.54, 1.807) is 6.26 Å². The zero-order valence-corrected chi connectivity index (χ0v) is 12.6. The summed E-state index contributed by atoms with van der Waals surface area (Å²) in [4.78, 5) is 12.1. The summed E-state index contributed by atoms with van der Waals surface area (Å²) in [6, 6.07) is 7.51. The largest absolute Gasteiger partial charge is 0.378 e. The highest BCUT2D eigenvalue weighted by atomic mass is 32.2. The maximum absolute atomic E-state index is 12.1. The van der Waals surface area contributed by atoms with Crippen molar-refractivity contribution < 1.29 is 13.7 Å². The number of anilines is 1. The highest BCUT2D eigenvalue weighted by Crippen LogP contribution is 2.19. The second kappa shape index (κ2) is 7.55. The minimum absolute atomic E-state index is 0.0359. The van der Waals surface area contributed by atoms with Crippen molar-refractivity contribution in [3.63, 3.8) is 0 Å². The summed E-state index contributed by atoms with van der Waals surface area (Å²) in [5.74, 6) is 0.419. The van der Waals surface area contributed by atoms with E-state index in [2.05, 4.69) is 5.32 Å². The van der Waals surface area contributed by atoms with Crippen molar-refractivity contribution in [3.05, 3.63) is 29.8 Å². The fourth-order valence-electron chi connectivity index (χ4n) is 2.36. The zero-order valence-electron chi connectivity index (χ0n) is 11.8. The maximum atomic E-state index is 12.1. The number of carbonyl (C=O) groups is 1. The number of para-hydroxylation sites is 1. The Morgan fingerprint density at radius 2 is 2.20 bits per heavy atom. The number of carbonyl (C=O) groups excluding carboxylic acids is 1. The van der Waals surface area contributed by atoms with Gasteiger partial charge in [-0.25, -0.2) is 0 Å². The summed E-state index contributed by atoms with van der Waals surface area (Å²) in [7, 11) is -0.924. The molecule has 0 radical (unpaired) electrons. The van der Waals surface area contributed by atoms with Gasteiger partial charge in [-0.2, -0.15) is 0 Å². The number of benzene rings is 1. The van der Waals surface area contributed by atoms with E-state index in [9.17, 15) is 9.00 Å². The first-order chi connectivity index (χ1) is 9.65. The number of amides is 1. The molecule has 0 aromatic heterocycles. The third-order valence-electron chi connectivity index (χ3n) is 3.34. The maximum Gasteiger partial charge on any atom is 0.226 e. The molecule has 110 valence electrons. The molecule has 0 aliphatic carbocycles. The number of nitrogens with one attached hydrogen (secondary N) is 1. The van der Waals surface area contributed by atoms with Gasteiger partial charge in [0.2, 0.25) is 5.91 Å². The first-order valence-electron chi connectivity index (χ1n) is 6.94. The standard InChI is InChI=1S/C15H21NO3S/c1-20(18)11-12-6-2-3-8-14(12)16-15(17)10-13-7-4-5-9-19-13/h2-3,6,8,13H,4-5,7,9-11H2,1H3,(H,16,17). The van der Waals surface area contributed by atoms with Crippen molar-refractivity contribution in [3.8, 4) is 0 Å². The molecule has 0 spiro atoms. The molecule has 2 rings (SSSR count). The van der Waals surface area contributed by atoms with Gasteiger partial charge in [-0.15, -0.1) is 0 Å². The van der Waals surface area contributed by atoms with E-state index < -0.39 is 10.8 Å². The molecule has 4 nitrogen and oxygen atoms in total. The molecule has 1 aromatic rings. The van der Waals surface area contributed by atoms with Gasteiger partial charge in [0, 0.05) is 29.3 Å². The summed E-state index contributed by atoms with van der Waals surface area (Å²) in [6.45, 7) is 0.753. The zero-order chi connectivity index (χ0) is 14.4. The van der Waals surface area contributed by atoms with Gasteiger partial charge in [0.05, 0.1) is 18.3 Å². The van der Waals surface area contributed by atoms with Gasteiger partial charge in [0.25, 0.3) is 0 Å². The lowest BCUT2D eigenvalue weighted by Crippen LogP contribution is -2.25. The normalized spacial score (nSPS) is 20.4. The highest BCUT2D eigenvalue weighted by Gasteiger charge is 2.18. The lowest BCUT2D eigenvalue weighted by atomic mass is 10.1. The lowest BCUT2D eigenvalue weighted by Gasteiger charge is -2.22. The van der Waals surface area contributed by atoms with Crippen molar-refractivity contribution in [2.24, 2.45) is 0 Å². The van der Waals surface area contributed by atoms with Crippen molar-refractivity contribution in [1.82, 2.24) is 0 Å². The van der Waals surface area contributed by atoms with Crippen molar-refractivity contribution in [1.29, 1.82) is 0 Å². The molecule has 1 aliphatic heterocycles. The minimum Gasteiger partial charge on any atom is -0.378 e. The molecule has 20 heavy (non-hydrogen) atoms. The topological polar surface area (TPSA) is 55.4 Å². The van der Waals surface area contributed by atoms with E-state index >= 15 is 0 Å². The Morgan fingerprint density at radius 3 is 2.90 bits per heavy atom. The van der Waals surface area contributed by atoms with Gasteiger partial charge in [0.1, 0.15) is 0 Å². The Labute approximate surface area is 122 Å². The Morgan fingerprint density at radius 1 is 1.40 bits per heavy atom. The molecule has 1 aromatic carbocycles. The summed E-state index contributed by atoms with van der Waals surface area (Å²) >= 11 is 0. The minimum atomic E-state index is -0.924. The Hall–Kier alpha value is -1.20. The molecular weight excluding hydrogens is 274 g/mol. The van der Waals surface area contributed by atoms with E-state index in [1.165, 1.54) is 0 Å². The second-order valence-corrected chi connectivity index (χ2v) is 6.55. The van der Waals surface area contributed by atoms with Crippen LogP contribution in [-0.2, 0) is 26.1 Å². The van der Waals surface area contributed by atoms with E-state index in [0.717, 1.165) is 37.1 Å². The molecule has 1 saturated heterocycles. The lowest BCUT2D eigenvalue weighted by molar-refractivity contribution is -0.119. The second-order valence-electron chi connectivity index (χ2n) is 5.12. The summed E-state index contributed by atoms with van der Waals surface area (Å²) < 4.78 is 16.9. The average molecular weight is 295 g/mol. The molecule has 1 fully saturated rings. The van der Waals surface area contributed by atoms with Crippen LogP contribution in [0.25, 0.3) is 0 Å². The highest BCUT2D eigenvalue weighted by molar-refractivity contribution is 7.83. The third kappa shape index (κ3) is 4.72. The molecule has 0 saturated carbocycles. The van der Waals surface area contributed by atoms with Gasteiger partial charge >= 0.3 is 0 Å². The quantitative estimate of drug-likeness (QED) is 0.908. The van der Waals surface area contributed by atoms with Crippen LogP contribution in [0, 0.1) is 0 Å². The SMILES string of the molecule is CS(=O)Cc1ccccc1NC(=O)CC1CCCCO1. The fraction of sp³-hybridized carbons (Fsp3) is 0.533. The molecule has 0 bridgehead atoms. The number of ether oxygens (including phenoxy) is 1. The van der Waals surface area contributed by atoms with Gasteiger partial charge in [-0.05, 0) is 30.9 Å².